The Balaban J connectivity index is 1.92. The van der Waals surface area contributed by atoms with Crippen LogP contribution in [0.2, 0.25) is 0 Å². The quantitative estimate of drug-likeness (QED) is 0.741. The molecule has 1 fully saturated rings. The van der Waals surface area contributed by atoms with Crippen molar-refractivity contribution in [1.82, 2.24) is 9.78 Å². The van der Waals surface area contributed by atoms with E-state index in [9.17, 15) is 0 Å². The zero-order valence-corrected chi connectivity index (χ0v) is 12.9. The van der Waals surface area contributed by atoms with E-state index in [1.807, 2.05) is 0 Å². The van der Waals surface area contributed by atoms with Gasteiger partial charge in [0.1, 0.15) is 0 Å². The van der Waals surface area contributed by atoms with Crippen molar-refractivity contribution >= 4 is 6.08 Å². The molecule has 0 unspecified atom stereocenters. The first-order chi connectivity index (χ1) is 8.89. The van der Waals surface area contributed by atoms with Crippen LogP contribution in [0.4, 0.5) is 0 Å². The van der Waals surface area contributed by atoms with Gasteiger partial charge < -0.3 is 0 Å². The standard InChI is InChI=1S/C17H26N2/c1-11(2)16-13-7-6-12-10-18-19(17(3,4)5)15(12)9-8-14(13)16/h8-11,13-14,16H,6-7H2,1-5H3/b9-8-/t13-,14+,16-/m1/s1. The number of fused-ring (bicyclic) bond motifs is 2. The van der Waals surface area contributed by atoms with Crippen LogP contribution in [0.1, 0.15) is 52.3 Å². The largest absolute Gasteiger partial charge is 0.260 e. The van der Waals surface area contributed by atoms with Crippen LogP contribution in [-0.2, 0) is 12.0 Å². The summed E-state index contributed by atoms with van der Waals surface area (Å²) in [4.78, 5) is 0. The summed E-state index contributed by atoms with van der Waals surface area (Å²) in [5.74, 6) is 3.47. The molecule has 2 heteroatoms. The zero-order valence-electron chi connectivity index (χ0n) is 12.9. The second-order valence-electron chi connectivity index (χ2n) is 7.60. The molecule has 104 valence electrons. The summed E-state index contributed by atoms with van der Waals surface area (Å²) >= 11 is 0. The normalized spacial score (nSPS) is 31.4. The number of allylic oxidation sites excluding steroid dienone is 1. The maximum atomic E-state index is 4.61. The SMILES string of the molecule is CC(C)[C@H]1[C@H]2/C=C\c3c(cnn3C(C)(C)C)CC[C@H]21. The van der Waals surface area contributed by atoms with Crippen molar-refractivity contribution in [3.8, 4) is 0 Å². The van der Waals surface area contributed by atoms with E-state index >= 15 is 0 Å². The van der Waals surface area contributed by atoms with Crippen molar-refractivity contribution in [2.24, 2.45) is 23.7 Å². The minimum absolute atomic E-state index is 0.0670. The molecule has 0 saturated heterocycles. The maximum Gasteiger partial charge on any atom is 0.0645 e. The Hall–Kier alpha value is -1.05. The second-order valence-corrected chi connectivity index (χ2v) is 7.60. The summed E-state index contributed by atoms with van der Waals surface area (Å²) in [5.41, 5.74) is 2.83. The van der Waals surface area contributed by atoms with Crippen LogP contribution in [0.15, 0.2) is 12.3 Å². The van der Waals surface area contributed by atoms with Gasteiger partial charge in [0.15, 0.2) is 0 Å². The topological polar surface area (TPSA) is 17.8 Å². The van der Waals surface area contributed by atoms with Crippen LogP contribution in [0.25, 0.3) is 6.08 Å². The molecule has 1 heterocycles. The highest BCUT2D eigenvalue weighted by Crippen LogP contribution is 2.55. The molecule has 2 nitrogen and oxygen atoms in total. The monoisotopic (exact) mass is 258 g/mol. The van der Waals surface area contributed by atoms with Gasteiger partial charge in [0.25, 0.3) is 0 Å². The van der Waals surface area contributed by atoms with Crippen LogP contribution in [-0.4, -0.2) is 9.78 Å². The molecule has 2 aliphatic carbocycles. The highest BCUT2D eigenvalue weighted by Gasteiger charge is 2.49. The van der Waals surface area contributed by atoms with E-state index < -0.39 is 0 Å². The smallest absolute Gasteiger partial charge is 0.0645 e. The van der Waals surface area contributed by atoms with Gasteiger partial charge in [-0.05, 0) is 68.9 Å². The summed E-state index contributed by atoms with van der Waals surface area (Å²) in [7, 11) is 0. The minimum atomic E-state index is 0.0670. The number of nitrogens with zero attached hydrogens (tertiary/aromatic N) is 2. The number of hydrogen-bond donors (Lipinski definition) is 0. The Morgan fingerprint density at radius 1 is 1.32 bits per heavy atom. The first-order valence-corrected chi connectivity index (χ1v) is 7.65. The molecule has 0 spiro atoms. The molecule has 0 amide bonds. The summed E-state index contributed by atoms with van der Waals surface area (Å²) in [6, 6.07) is 0. The van der Waals surface area contributed by atoms with Crippen molar-refractivity contribution in [3.63, 3.8) is 0 Å². The van der Waals surface area contributed by atoms with Crippen molar-refractivity contribution in [1.29, 1.82) is 0 Å². The van der Waals surface area contributed by atoms with Crippen molar-refractivity contribution < 1.29 is 0 Å². The Bertz CT molecular complexity index is 502. The van der Waals surface area contributed by atoms with Gasteiger partial charge in [0, 0.05) is 0 Å². The average molecular weight is 258 g/mol. The first kappa shape index (κ1) is 13.0. The van der Waals surface area contributed by atoms with Crippen molar-refractivity contribution in [2.75, 3.05) is 0 Å². The van der Waals surface area contributed by atoms with Gasteiger partial charge in [-0.1, -0.05) is 19.9 Å². The van der Waals surface area contributed by atoms with Gasteiger partial charge in [0.2, 0.25) is 0 Å². The lowest BCUT2D eigenvalue weighted by atomic mass is 10.0. The Kier molecular flexibility index (Phi) is 2.88. The van der Waals surface area contributed by atoms with Crippen LogP contribution in [0, 0.1) is 23.7 Å². The number of aromatic nitrogens is 2. The molecule has 19 heavy (non-hydrogen) atoms. The Morgan fingerprint density at radius 2 is 2.05 bits per heavy atom. The van der Waals surface area contributed by atoms with E-state index in [1.54, 1.807) is 0 Å². The van der Waals surface area contributed by atoms with E-state index in [0.717, 1.165) is 23.7 Å². The van der Waals surface area contributed by atoms with E-state index in [-0.39, 0.29) is 5.54 Å². The zero-order chi connectivity index (χ0) is 13.8. The molecule has 0 N–H and O–H groups in total. The van der Waals surface area contributed by atoms with Crippen LogP contribution >= 0.6 is 0 Å². The number of hydrogen-bond acceptors (Lipinski definition) is 1. The molecule has 0 radical (unpaired) electrons. The van der Waals surface area contributed by atoms with Crippen molar-refractivity contribution in [2.45, 2.75) is 53.0 Å². The van der Waals surface area contributed by atoms with Crippen molar-refractivity contribution in [3.05, 3.63) is 23.5 Å². The molecule has 1 aromatic rings. The molecule has 2 aliphatic rings. The predicted molar refractivity (Wildman–Crippen MR) is 79.9 cm³/mol. The maximum absolute atomic E-state index is 4.61. The van der Waals surface area contributed by atoms with Gasteiger partial charge >= 0.3 is 0 Å². The van der Waals surface area contributed by atoms with Gasteiger partial charge in [-0.15, -0.1) is 0 Å². The molecule has 0 aliphatic heterocycles. The van der Waals surface area contributed by atoms with E-state index in [1.165, 1.54) is 24.1 Å². The lowest BCUT2D eigenvalue weighted by Gasteiger charge is -2.22. The molecule has 1 saturated carbocycles. The van der Waals surface area contributed by atoms with Crippen LogP contribution in [0.3, 0.4) is 0 Å². The third kappa shape index (κ3) is 2.15. The van der Waals surface area contributed by atoms with Gasteiger partial charge in [0.05, 0.1) is 17.4 Å². The third-order valence-corrected chi connectivity index (χ3v) is 4.81. The summed E-state index contributed by atoms with van der Waals surface area (Å²) in [5, 5.41) is 4.61. The van der Waals surface area contributed by atoms with E-state index in [4.69, 9.17) is 0 Å². The predicted octanol–water partition coefficient (Wildman–Crippen LogP) is 4.12. The summed E-state index contributed by atoms with van der Waals surface area (Å²) in [6.45, 7) is 11.4. The first-order valence-electron chi connectivity index (χ1n) is 7.65. The molecule has 3 rings (SSSR count). The lowest BCUT2D eigenvalue weighted by molar-refractivity contribution is 0.352. The average Bonchev–Trinajstić information content (AvgIpc) is 2.79. The van der Waals surface area contributed by atoms with Crippen LogP contribution in [0.5, 0.6) is 0 Å². The second kappa shape index (κ2) is 4.22. The molecule has 1 aromatic heterocycles. The van der Waals surface area contributed by atoms with Gasteiger partial charge in [-0.2, -0.15) is 5.10 Å². The Morgan fingerprint density at radius 3 is 2.68 bits per heavy atom. The molecule has 0 aromatic carbocycles. The fourth-order valence-corrected chi connectivity index (χ4v) is 3.84. The highest BCUT2D eigenvalue weighted by molar-refractivity contribution is 5.52. The third-order valence-electron chi connectivity index (χ3n) is 4.81. The minimum Gasteiger partial charge on any atom is -0.260 e. The number of aryl methyl sites for hydroxylation is 1. The Labute approximate surface area is 116 Å². The van der Waals surface area contributed by atoms with Crippen LogP contribution < -0.4 is 0 Å². The van der Waals surface area contributed by atoms with Gasteiger partial charge in [-0.25, -0.2) is 0 Å². The molecule has 3 atom stereocenters. The fraction of sp³-hybridized carbons (Fsp3) is 0.706. The van der Waals surface area contributed by atoms with E-state index in [2.05, 4.69) is 62.7 Å². The lowest BCUT2D eigenvalue weighted by Crippen LogP contribution is -2.24. The molecule has 0 bridgehead atoms. The van der Waals surface area contributed by atoms with E-state index in [0.29, 0.717) is 0 Å². The summed E-state index contributed by atoms with van der Waals surface area (Å²) < 4.78 is 2.19. The summed E-state index contributed by atoms with van der Waals surface area (Å²) in [6.07, 6.45) is 9.41. The molecular weight excluding hydrogens is 232 g/mol. The highest BCUT2D eigenvalue weighted by atomic mass is 15.3. The van der Waals surface area contributed by atoms with Gasteiger partial charge in [-0.3, -0.25) is 4.68 Å². The molecular formula is C17H26N2. The fourth-order valence-electron chi connectivity index (χ4n) is 3.84. The number of rotatable bonds is 1.